The third-order valence-corrected chi connectivity index (χ3v) is 5.17. The molecule has 1 aliphatic carbocycles. The quantitative estimate of drug-likeness (QED) is 0.904. The molecule has 0 radical (unpaired) electrons. The van der Waals surface area contributed by atoms with E-state index in [1.807, 2.05) is 30.3 Å². The molecule has 1 atom stereocenters. The molecular formula is C18H20F2N4O2. The molecule has 0 bridgehead atoms. The van der Waals surface area contributed by atoms with Crippen LogP contribution in [0.1, 0.15) is 26.2 Å². The van der Waals surface area contributed by atoms with Gasteiger partial charge in [-0.2, -0.15) is 0 Å². The van der Waals surface area contributed by atoms with Gasteiger partial charge in [0.05, 0.1) is 0 Å². The van der Waals surface area contributed by atoms with Gasteiger partial charge in [-0.15, -0.1) is 5.10 Å². The second kappa shape index (κ2) is 6.03. The predicted octanol–water partition coefficient (Wildman–Crippen LogP) is 3.18. The van der Waals surface area contributed by atoms with Crippen LogP contribution in [0.15, 0.2) is 34.7 Å². The van der Waals surface area contributed by atoms with Gasteiger partial charge in [-0.05, 0) is 25.5 Å². The van der Waals surface area contributed by atoms with E-state index in [4.69, 9.17) is 4.42 Å². The average Bonchev–Trinajstić information content (AvgIpc) is 3.21. The molecular weight excluding hydrogens is 342 g/mol. The van der Waals surface area contributed by atoms with Crippen LogP contribution in [0.2, 0.25) is 0 Å². The summed E-state index contributed by atoms with van der Waals surface area (Å²) in [6.07, 6.45) is 0.408. The normalized spacial score (nSPS) is 21.4. The van der Waals surface area contributed by atoms with Crippen molar-refractivity contribution in [3.05, 3.63) is 30.3 Å². The highest BCUT2D eigenvalue weighted by molar-refractivity contribution is 5.84. The van der Waals surface area contributed by atoms with Gasteiger partial charge in [-0.3, -0.25) is 4.79 Å². The van der Waals surface area contributed by atoms with E-state index in [9.17, 15) is 13.6 Å². The number of hydrogen-bond donors (Lipinski definition) is 1. The number of carbonyl (C=O) groups excluding carboxylic acids is 1. The maximum absolute atomic E-state index is 13.2. The fourth-order valence-electron chi connectivity index (χ4n) is 3.96. The molecule has 2 fully saturated rings. The summed E-state index contributed by atoms with van der Waals surface area (Å²) in [6.45, 7) is 2.61. The Balaban J connectivity index is 1.36. The van der Waals surface area contributed by atoms with E-state index >= 15 is 0 Å². The summed E-state index contributed by atoms with van der Waals surface area (Å²) in [4.78, 5) is 14.3. The fraction of sp³-hybridized carbons (Fsp3) is 0.500. The molecule has 2 aliphatic rings. The number of likely N-dealkylation sites (tertiary alicyclic amines) is 1. The molecule has 4 rings (SSSR count). The second-order valence-electron chi connectivity index (χ2n) is 7.36. The SMILES string of the molecule is C[C@@H](Nc1nnc(-c2ccccc2)o1)C(=O)N1CCC2(C1)CC(F)(F)C2. The predicted molar refractivity (Wildman–Crippen MR) is 90.6 cm³/mol. The Bertz CT molecular complexity index is 801. The first-order chi connectivity index (χ1) is 12.4. The van der Waals surface area contributed by atoms with Gasteiger partial charge in [0.1, 0.15) is 6.04 Å². The Morgan fingerprint density at radius 3 is 2.69 bits per heavy atom. The number of halogens is 2. The zero-order valence-electron chi connectivity index (χ0n) is 14.4. The van der Waals surface area contributed by atoms with E-state index in [1.165, 1.54) is 0 Å². The van der Waals surface area contributed by atoms with Gasteiger partial charge in [0.25, 0.3) is 0 Å². The van der Waals surface area contributed by atoms with Gasteiger partial charge in [0.2, 0.25) is 17.7 Å². The number of carbonyl (C=O) groups is 1. The largest absolute Gasteiger partial charge is 0.403 e. The summed E-state index contributed by atoms with van der Waals surface area (Å²) in [5.41, 5.74) is 0.392. The lowest BCUT2D eigenvalue weighted by Crippen LogP contribution is -2.49. The number of benzene rings is 1. The third kappa shape index (κ3) is 3.15. The number of hydrogen-bond acceptors (Lipinski definition) is 5. The second-order valence-corrected chi connectivity index (χ2v) is 7.36. The standard InChI is InChI=1S/C18H20F2N4O2/c1-12(15(25)24-8-7-17(11-24)9-18(19,20)10-17)21-16-23-22-14(26-16)13-5-3-2-4-6-13/h2-6,12H,7-11H2,1H3,(H,21,23)/t12-/m1/s1. The molecule has 2 aromatic rings. The van der Waals surface area contributed by atoms with Crippen molar-refractivity contribution in [2.24, 2.45) is 5.41 Å². The van der Waals surface area contributed by atoms with Crippen molar-refractivity contribution in [2.45, 2.75) is 38.2 Å². The van der Waals surface area contributed by atoms with E-state index in [1.54, 1.807) is 11.8 Å². The third-order valence-electron chi connectivity index (χ3n) is 5.17. The van der Waals surface area contributed by atoms with Gasteiger partial charge < -0.3 is 14.6 Å². The zero-order chi connectivity index (χ0) is 18.4. The Morgan fingerprint density at radius 2 is 2.00 bits per heavy atom. The van der Waals surface area contributed by atoms with Crippen LogP contribution in [0, 0.1) is 5.41 Å². The molecule has 1 aliphatic heterocycles. The van der Waals surface area contributed by atoms with Gasteiger partial charge in [-0.1, -0.05) is 23.3 Å². The lowest BCUT2D eigenvalue weighted by molar-refractivity contribution is -0.158. The minimum absolute atomic E-state index is 0.115. The molecule has 1 amide bonds. The molecule has 2 heterocycles. The summed E-state index contributed by atoms with van der Waals surface area (Å²) in [7, 11) is 0. The van der Waals surface area contributed by atoms with Crippen molar-refractivity contribution in [3.8, 4) is 11.5 Å². The minimum atomic E-state index is -2.57. The highest BCUT2D eigenvalue weighted by Gasteiger charge is 2.59. The smallest absolute Gasteiger partial charge is 0.316 e. The van der Waals surface area contributed by atoms with E-state index < -0.39 is 17.4 Å². The van der Waals surface area contributed by atoms with Crippen LogP contribution in [0.5, 0.6) is 0 Å². The van der Waals surface area contributed by atoms with Crippen molar-refractivity contribution in [1.82, 2.24) is 15.1 Å². The summed E-state index contributed by atoms with van der Waals surface area (Å²) in [5, 5.41) is 10.8. The highest BCUT2D eigenvalue weighted by atomic mass is 19.3. The van der Waals surface area contributed by atoms with Crippen LogP contribution in [0.3, 0.4) is 0 Å². The van der Waals surface area contributed by atoms with Gasteiger partial charge >= 0.3 is 6.01 Å². The first-order valence-electron chi connectivity index (χ1n) is 8.68. The molecule has 26 heavy (non-hydrogen) atoms. The van der Waals surface area contributed by atoms with Gasteiger partial charge in [0.15, 0.2) is 0 Å². The summed E-state index contributed by atoms with van der Waals surface area (Å²) in [6, 6.07) is 8.91. The number of anilines is 1. The number of nitrogens with zero attached hydrogens (tertiary/aromatic N) is 3. The summed E-state index contributed by atoms with van der Waals surface area (Å²) in [5.74, 6) is -2.35. The van der Waals surface area contributed by atoms with Crippen LogP contribution in [-0.2, 0) is 4.79 Å². The molecule has 1 saturated carbocycles. The van der Waals surface area contributed by atoms with Crippen LogP contribution in [-0.4, -0.2) is 46.1 Å². The highest BCUT2D eigenvalue weighted by Crippen LogP contribution is 2.56. The lowest BCUT2D eigenvalue weighted by Gasteiger charge is -2.44. The first kappa shape index (κ1) is 16.9. The molecule has 1 aromatic carbocycles. The summed E-state index contributed by atoms with van der Waals surface area (Å²) < 4.78 is 32.0. The molecule has 8 heteroatoms. The van der Waals surface area contributed by atoms with Crippen LogP contribution >= 0.6 is 0 Å². The molecule has 1 saturated heterocycles. The number of alkyl halides is 2. The fourth-order valence-corrected chi connectivity index (χ4v) is 3.96. The van der Waals surface area contributed by atoms with Crippen LogP contribution < -0.4 is 5.32 Å². The average molecular weight is 362 g/mol. The van der Waals surface area contributed by atoms with Gasteiger partial charge in [-0.25, -0.2) is 8.78 Å². The molecule has 6 nitrogen and oxygen atoms in total. The van der Waals surface area contributed by atoms with Crippen LogP contribution in [0.4, 0.5) is 14.8 Å². The first-order valence-corrected chi connectivity index (χ1v) is 8.68. The van der Waals surface area contributed by atoms with E-state index in [0.29, 0.717) is 25.4 Å². The molecule has 1 spiro atoms. The molecule has 1 aromatic heterocycles. The monoisotopic (exact) mass is 362 g/mol. The lowest BCUT2D eigenvalue weighted by atomic mass is 9.65. The Morgan fingerprint density at radius 1 is 1.27 bits per heavy atom. The Kier molecular flexibility index (Phi) is 3.93. The maximum atomic E-state index is 13.2. The Labute approximate surface area is 149 Å². The Hall–Kier alpha value is -2.51. The molecule has 0 unspecified atom stereocenters. The van der Waals surface area contributed by atoms with E-state index in [2.05, 4.69) is 15.5 Å². The van der Waals surface area contributed by atoms with Crippen LogP contribution in [0.25, 0.3) is 11.5 Å². The van der Waals surface area contributed by atoms with Crippen molar-refractivity contribution >= 4 is 11.9 Å². The maximum Gasteiger partial charge on any atom is 0.316 e. The number of aromatic nitrogens is 2. The van der Waals surface area contributed by atoms with E-state index in [0.717, 1.165) is 5.56 Å². The summed E-state index contributed by atoms with van der Waals surface area (Å²) >= 11 is 0. The number of nitrogens with one attached hydrogen (secondary N) is 1. The zero-order valence-corrected chi connectivity index (χ0v) is 14.4. The number of rotatable bonds is 4. The molecule has 138 valence electrons. The molecule has 1 N–H and O–H groups in total. The van der Waals surface area contributed by atoms with Crippen molar-refractivity contribution in [2.75, 3.05) is 18.4 Å². The van der Waals surface area contributed by atoms with E-state index in [-0.39, 0.29) is 24.8 Å². The van der Waals surface area contributed by atoms with Crippen molar-refractivity contribution in [3.63, 3.8) is 0 Å². The minimum Gasteiger partial charge on any atom is -0.403 e. The van der Waals surface area contributed by atoms with Gasteiger partial charge in [0, 0.05) is 36.9 Å². The van der Waals surface area contributed by atoms with Crippen molar-refractivity contribution < 1.29 is 18.0 Å². The number of amides is 1. The topological polar surface area (TPSA) is 71.3 Å². The van der Waals surface area contributed by atoms with Crippen molar-refractivity contribution in [1.29, 1.82) is 0 Å².